The number of aromatic hydroxyl groups is 1. The van der Waals surface area contributed by atoms with Crippen molar-refractivity contribution in [3.05, 3.63) is 59.9 Å². The summed E-state index contributed by atoms with van der Waals surface area (Å²) in [5.41, 5.74) is 3.42. The summed E-state index contributed by atoms with van der Waals surface area (Å²) in [7, 11) is 3.39. The molecule has 0 saturated carbocycles. The van der Waals surface area contributed by atoms with Gasteiger partial charge in [-0.15, -0.1) is 0 Å². The van der Waals surface area contributed by atoms with Crippen LogP contribution in [0.4, 0.5) is 28.4 Å². The lowest BCUT2D eigenvalue weighted by atomic mass is 10.0. The topological polar surface area (TPSA) is 117 Å². The van der Waals surface area contributed by atoms with Crippen LogP contribution in [0.3, 0.4) is 0 Å². The van der Waals surface area contributed by atoms with E-state index in [1.807, 2.05) is 24.3 Å². The van der Waals surface area contributed by atoms with Crippen LogP contribution < -0.4 is 15.1 Å². The highest BCUT2D eigenvalue weighted by Gasteiger charge is 2.33. The van der Waals surface area contributed by atoms with Crippen LogP contribution in [-0.2, 0) is 9.59 Å². The Bertz CT molecular complexity index is 1170. The maximum Gasteiger partial charge on any atom is 0.204 e. The highest BCUT2D eigenvalue weighted by molar-refractivity contribution is 6.22. The van der Waals surface area contributed by atoms with Crippen LogP contribution in [0.15, 0.2) is 59.9 Å². The van der Waals surface area contributed by atoms with Gasteiger partial charge in [0.25, 0.3) is 0 Å². The minimum atomic E-state index is -0.351. The summed E-state index contributed by atoms with van der Waals surface area (Å²) in [4.78, 5) is 31.1. The van der Waals surface area contributed by atoms with Gasteiger partial charge >= 0.3 is 0 Å². The molecule has 2 aromatic rings. The second-order valence-electron chi connectivity index (χ2n) is 7.91. The van der Waals surface area contributed by atoms with Gasteiger partial charge in [0.05, 0.1) is 53.0 Å². The second kappa shape index (κ2) is 8.97. The van der Waals surface area contributed by atoms with Gasteiger partial charge in [-0.25, -0.2) is 0 Å². The molecule has 0 bridgehead atoms. The minimum absolute atomic E-state index is 0.0179. The summed E-state index contributed by atoms with van der Waals surface area (Å²) in [6, 6.07) is 10.7. The van der Waals surface area contributed by atoms with Gasteiger partial charge in [-0.2, -0.15) is 0 Å². The number of carbonyl (C=O) groups excluding carboxylic acids is 2. The molecule has 9 nitrogen and oxygen atoms in total. The molecule has 0 saturated heterocycles. The first-order valence-corrected chi connectivity index (χ1v) is 10.5. The largest absolute Gasteiger partial charge is 0.506 e. The van der Waals surface area contributed by atoms with Crippen molar-refractivity contribution in [3.8, 4) is 5.75 Å². The van der Waals surface area contributed by atoms with E-state index in [9.17, 15) is 24.9 Å². The molecule has 2 aromatic carbocycles. The average molecular weight is 450 g/mol. The first kappa shape index (κ1) is 22.4. The molecule has 0 amide bonds. The fourth-order valence-corrected chi connectivity index (χ4v) is 4.02. The number of benzene rings is 2. The van der Waals surface area contributed by atoms with Crippen molar-refractivity contribution in [2.45, 2.75) is 0 Å². The number of carbonyl (C=O) groups is 2. The maximum atomic E-state index is 13.2. The maximum absolute atomic E-state index is 13.2. The lowest BCUT2D eigenvalue weighted by Gasteiger charge is -2.36. The molecule has 4 N–H and O–H groups in total. The van der Waals surface area contributed by atoms with Crippen LogP contribution in [0.1, 0.15) is 0 Å². The first-order chi connectivity index (χ1) is 15.8. The summed E-state index contributed by atoms with van der Waals surface area (Å²) < 4.78 is 0. The van der Waals surface area contributed by atoms with Crippen molar-refractivity contribution in [3.63, 3.8) is 0 Å². The van der Waals surface area contributed by atoms with E-state index in [1.54, 1.807) is 40.9 Å². The number of hydrogen-bond donors (Lipinski definition) is 4. The number of fused-ring (bicyclic) bond motifs is 2. The van der Waals surface area contributed by atoms with Crippen LogP contribution in [0, 0.1) is 0 Å². The van der Waals surface area contributed by atoms with Crippen LogP contribution in [0.2, 0.25) is 0 Å². The Morgan fingerprint density at radius 3 is 2.30 bits per heavy atom. The number of phenols is 1. The lowest BCUT2D eigenvalue weighted by molar-refractivity contribution is -0.116. The SMILES string of the molecule is CN(CCO)C1=CC(=O)C(N2c3ccccc3Nc3cc(O)c(N(C)CCO)cc32)=CC1=O. The van der Waals surface area contributed by atoms with Crippen molar-refractivity contribution in [2.24, 2.45) is 0 Å². The van der Waals surface area contributed by atoms with E-state index in [2.05, 4.69) is 5.32 Å². The molecule has 0 aromatic heterocycles. The Kier molecular flexibility index (Phi) is 6.08. The third kappa shape index (κ3) is 4.04. The number of anilines is 5. The number of aliphatic hydroxyl groups excluding tert-OH is 2. The number of likely N-dealkylation sites (N-methyl/N-ethyl adjacent to an activating group) is 2. The van der Waals surface area contributed by atoms with Crippen LogP contribution >= 0.6 is 0 Å². The Labute approximate surface area is 191 Å². The van der Waals surface area contributed by atoms with Crippen LogP contribution in [0.25, 0.3) is 0 Å². The Morgan fingerprint density at radius 1 is 0.879 bits per heavy atom. The molecule has 0 radical (unpaired) electrons. The number of nitrogens with zero attached hydrogens (tertiary/aromatic N) is 3. The fraction of sp³-hybridized carbons (Fsp3) is 0.250. The smallest absolute Gasteiger partial charge is 0.204 e. The van der Waals surface area contributed by atoms with Gasteiger partial charge in [-0.1, -0.05) is 12.1 Å². The van der Waals surface area contributed by atoms with Crippen LogP contribution in [-0.4, -0.2) is 72.2 Å². The molecule has 0 fully saturated rings. The molecule has 0 atom stereocenters. The van der Waals surface area contributed by atoms with Crippen molar-refractivity contribution in [2.75, 3.05) is 55.5 Å². The van der Waals surface area contributed by atoms with Crippen molar-refractivity contribution in [1.82, 2.24) is 4.90 Å². The van der Waals surface area contributed by atoms with Gasteiger partial charge in [0.1, 0.15) is 5.75 Å². The highest BCUT2D eigenvalue weighted by atomic mass is 16.3. The number of ketones is 2. The van der Waals surface area contributed by atoms with Crippen molar-refractivity contribution >= 4 is 40.0 Å². The van der Waals surface area contributed by atoms with E-state index in [0.29, 0.717) is 35.0 Å². The molecule has 9 heteroatoms. The van der Waals surface area contributed by atoms with Crippen molar-refractivity contribution < 1.29 is 24.9 Å². The molecule has 1 aliphatic heterocycles. The molecule has 33 heavy (non-hydrogen) atoms. The third-order valence-corrected chi connectivity index (χ3v) is 5.72. The molecule has 2 aliphatic rings. The van der Waals surface area contributed by atoms with Gasteiger partial charge in [0.2, 0.25) is 11.6 Å². The zero-order valence-electron chi connectivity index (χ0n) is 18.4. The molecule has 4 rings (SSSR count). The Morgan fingerprint density at radius 2 is 1.58 bits per heavy atom. The van der Waals surface area contributed by atoms with Gasteiger partial charge in [0, 0.05) is 45.4 Å². The van der Waals surface area contributed by atoms with E-state index in [-0.39, 0.29) is 48.5 Å². The lowest BCUT2D eigenvalue weighted by Crippen LogP contribution is -2.33. The number of hydrogen-bond acceptors (Lipinski definition) is 9. The summed E-state index contributed by atoms with van der Waals surface area (Å²) in [5.74, 6) is -0.672. The number of rotatable bonds is 7. The quantitative estimate of drug-likeness (QED) is 0.469. The van der Waals surface area contributed by atoms with Gasteiger partial charge in [-0.05, 0) is 18.2 Å². The monoisotopic (exact) mass is 450 g/mol. The highest BCUT2D eigenvalue weighted by Crippen LogP contribution is 2.49. The molecule has 0 spiro atoms. The first-order valence-electron chi connectivity index (χ1n) is 10.5. The third-order valence-electron chi connectivity index (χ3n) is 5.72. The summed E-state index contributed by atoms with van der Waals surface area (Å²) in [6.07, 6.45) is 2.60. The molecule has 1 aliphatic carbocycles. The average Bonchev–Trinajstić information content (AvgIpc) is 2.78. The van der Waals surface area contributed by atoms with E-state index in [0.717, 1.165) is 0 Å². The van der Waals surface area contributed by atoms with E-state index in [1.165, 1.54) is 12.2 Å². The Balaban J connectivity index is 1.84. The number of para-hydroxylation sites is 2. The predicted octanol–water partition coefficient (Wildman–Crippen LogP) is 1.86. The number of allylic oxidation sites excluding steroid dienone is 2. The van der Waals surface area contributed by atoms with Crippen LogP contribution in [0.5, 0.6) is 5.75 Å². The minimum Gasteiger partial charge on any atom is -0.506 e. The van der Waals surface area contributed by atoms with Gasteiger partial charge in [0.15, 0.2) is 0 Å². The van der Waals surface area contributed by atoms with E-state index >= 15 is 0 Å². The van der Waals surface area contributed by atoms with Gasteiger partial charge in [-0.3, -0.25) is 9.59 Å². The molecule has 1 heterocycles. The Hall–Kier alpha value is -3.82. The summed E-state index contributed by atoms with van der Waals surface area (Å²) in [5, 5.41) is 32.4. The predicted molar refractivity (Wildman–Crippen MR) is 126 cm³/mol. The molecule has 172 valence electrons. The molecular formula is C24H26N4O5. The number of aliphatic hydroxyl groups is 2. The molecule has 0 unspecified atom stereocenters. The second-order valence-corrected chi connectivity index (χ2v) is 7.91. The number of phenolic OH excluding ortho intramolecular Hbond substituents is 1. The molecular weight excluding hydrogens is 424 g/mol. The van der Waals surface area contributed by atoms with E-state index in [4.69, 9.17) is 0 Å². The standard InChI is InChI=1S/C24H26N4O5/c1-26(7-9-29)19-12-18-16(11-22(19)31)25-15-5-3-4-6-17(15)28(18)21-14-23(32)20(13-24(21)33)27(2)8-10-30/h3-6,11-14,25,29-31H,7-10H2,1-2H3. The summed E-state index contributed by atoms with van der Waals surface area (Å²) in [6.45, 7) is 0.301. The normalized spacial score (nSPS) is 14.7. The fourth-order valence-electron chi connectivity index (χ4n) is 4.02. The zero-order valence-corrected chi connectivity index (χ0v) is 18.4. The summed E-state index contributed by atoms with van der Waals surface area (Å²) >= 11 is 0. The van der Waals surface area contributed by atoms with Gasteiger partial charge < -0.3 is 35.3 Å². The zero-order chi connectivity index (χ0) is 23.7. The van der Waals surface area contributed by atoms with Crippen molar-refractivity contribution in [1.29, 1.82) is 0 Å². The number of nitrogens with one attached hydrogen (secondary N) is 1. The van der Waals surface area contributed by atoms with E-state index < -0.39 is 0 Å².